The SMILES string of the molecule is CNCCNC(=O)c1cc(C)ccc1I.Cl. The van der Waals surface area contributed by atoms with Crippen molar-refractivity contribution in [3.8, 4) is 0 Å². The second-order valence-electron chi connectivity index (χ2n) is 3.34. The molecule has 0 aromatic heterocycles. The molecule has 0 spiro atoms. The molecule has 1 rings (SSSR count). The summed E-state index contributed by atoms with van der Waals surface area (Å²) < 4.78 is 0.986. The normalized spacial score (nSPS) is 9.44. The van der Waals surface area contributed by atoms with Crippen LogP contribution in [0.1, 0.15) is 15.9 Å². The van der Waals surface area contributed by atoms with Crippen molar-refractivity contribution in [1.29, 1.82) is 0 Å². The molecule has 0 saturated heterocycles. The minimum atomic E-state index is -0.00153. The summed E-state index contributed by atoms with van der Waals surface area (Å²) in [5.41, 5.74) is 1.86. The van der Waals surface area contributed by atoms with Crippen molar-refractivity contribution in [2.45, 2.75) is 6.92 Å². The Balaban J connectivity index is 0.00000225. The summed E-state index contributed by atoms with van der Waals surface area (Å²) in [4.78, 5) is 11.7. The Labute approximate surface area is 116 Å². The van der Waals surface area contributed by atoms with E-state index >= 15 is 0 Å². The zero-order valence-corrected chi connectivity index (χ0v) is 12.3. The smallest absolute Gasteiger partial charge is 0.252 e. The van der Waals surface area contributed by atoms with Gasteiger partial charge in [0.25, 0.3) is 5.91 Å². The Morgan fingerprint density at radius 3 is 2.69 bits per heavy atom. The van der Waals surface area contributed by atoms with Crippen LogP contribution in [-0.4, -0.2) is 26.0 Å². The molecule has 0 saturated carbocycles. The molecule has 16 heavy (non-hydrogen) atoms. The van der Waals surface area contributed by atoms with E-state index in [-0.39, 0.29) is 18.3 Å². The molecule has 0 aliphatic heterocycles. The maximum atomic E-state index is 11.7. The Bertz CT molecular complexity index is 358. The number of rotatable bonds is 4. The van der Waals surface area contributed by atoms with Gasteiger partial charge in [-0.3, -0.25) is 4.79 Å². The summed E-state index contributed by atoms with van der Waals surface area (Å²) in [6, 6.07) is 5.88. The van der Waals surface area contributed by atoms with E-state index in [1.165, 1.54) is 0 Å². The van der Waals surface area contributed by atoms with Gasteiger partial charge in [0.05, 0.1) is 5.56 Å². The maximum absolute atomic E-state index is 11.7. The number of hydrogen-bond acceptors (Lipinski definition) is 2. The van der Waals surface area contributed by atoms with E-state index < -0.39 is 0 Å². The average molecular weight is 355 g/mol. The minimum Gasteiger partial charge on any atom is -0.351 e. The first-order chi connectivity index (χ1) is 7.15. The van der Waals surface area contributed by atoms with Gasteiger partial charge >= 0.3 is 0 Å². The summed E-state index contributed by atoms with van der Waals surface area (Å²) in [5, 5.41) is 5.85. The monoisotopic (exact) mass is 354 g/mol. The van der Waals surface area contributed by atoms with Crippen LogP contribution in [0.3, 0.4) is 0 Å². The lowest BCUT2D eigenvalue weighted by atomic mass is 10.1. The molecule has 1 aromatic carbocycles. The Morgan fingerprint density at radius 1 is 1.38 bits per heavy atom. The van der Waals surface area contributed by atoms with Crippen LogP contribution in [0.5, 0.6) is 0 Å². The lowest BCUT2D eigenvalue weighted by Gasteiger charge is -2.07. The summed E-state index contributed by atoms with van der Waals surface area (Å²) in [7, 11) is 1.86. The van der Waals surface area contributed by atoms with Gasteiger partial charge in [0.2, 0.25) is 0 Å². The highest BCUT2D eigenvalue weighted by Gasteiger charge is 2.08. The van der Waals surface area contributed by atoms with Crippen molar-refractivity contribution in [3.63, 3.8) is 0 Å². The summed E-state index contributed by atoms with van der Waals surface area (Å²) >= 11 is 2.18. The third kappa shape index (κ3) is 4.67. The molecule has 0 aliphatic carbocycles. The number of likely N-dealkylation sites (N-methyl/N-ethyl adjacent to an activating group) is 1. The van der Waals surface area contributed by atoms with Crippen molar-refractivity contribution in [2.75, 3.05) is 20.1 Å². The lowest BCUT2D eigenvalue weighted by Crippen LogP contribution is -2.30. The van der Waals surface area contributed by atoms with E-state index in [4.69, 9.17) is 0 Å². The Kier molecular flexibility index (Phi) is 7.70. The van der Waals surface area contributed by atoms with Gasteiger partial charge in [-0.25, -0.2) is 0 Å². The fourth-order valence-corrected chi connectivity index (χ4v) is 1.79. The Morgan fingerprint density at radius 2 is 2.06 bits per heavy atom. The van der Waals surface area contributed by atoms with E-state index in [9.17, 15) is 4.79 Å². The van der Waals surface area contributed by atoms with Crippen LogP contribution in [0.4, 0.5) is 0 Å². The highest BCUT2D eigenvalue weighted by atomic mass is 127. The molecule has 90 valence electrons. The molecule has 0 atom stereocenters. The molecule has 3 nitrogen and oxygen atoms in total. The third-order valence-electron chi connectivity index (χ3n) is 2.03. The number of nitrogens with one attached hydrogen (secondary N) is 2. The van der Waals surface area contributed by atoms with E-state index in [1.807, 2.05) is 32.2 Å². The number of halogens is 2. The largest absolute Gasteiger partial charge is 0.351 e. The predicted molar refractivity (Wildman–Crippen MR) is 77.4 cm³/mol. The van der Waals surface area contributed by atoms with Crippen molar-refractivity contribution in [2.24, 2.45) is 0 Å². The molecule has 0 aliphatic rings. The maximum Gasteiger partial charge on any atom is 0.252 e. The standard InChI is InChI=1S/C11H15IN2O.ClH/c1-8-3-4-10(12)9(7-8)11(15)14-6-5-13-2;/h3-4,7,13H,5-6H2,1-2H3,(H,14,15);1H. The topological polar surface area (TPSA) is 41.1 Å². The summed E-state index contributed by atoms with van der Waals surface area (Å²) in [6.45, 7) is 3.42. The second kappa shape index (κ2) is 7.86. The van der Waals surface area contributed by atoms with E-state index in [0.29, 0.717) is 6.54 Å². The number of hydrogen-bond donors (Lipinski definition) is 2. The van der Waals surface area contributed by atoms with E-state index in [2.05, 4.69) is 33.2 Å². The van der Waals surface area contributed by atoms with Crippen LogP contribution < -0.4 is 10.6 Å². The van der Waals surface area contributed by atoms with Gasteiger partial charge in [0.1, 0.15) is 0 Å². The van der Waals surface area contributed by atoms with Gasteiger partial charge in [-0.1, -0.05) is 11.6 Å². The third-order valence-corrected chi connectivity index (χ3v) is 2.97. The fourth-order valence-electron chi connectivity index (χ4n) is 1.21. The molecule has 5 heteroatoms. The van der Waals surface area contributed by atoms with Gasteiger partial charge in [-0.2, -0.15) is 0 Å². The first kappa shape index (κ1) is 15.7. The van der Waals surface area contributed by atoms with Crippen LogP contribution in [0.25, 0.3) is 0 Å². The predicted octanol–water partition coefficient (Wildman–Crippen LogP) is 1.97. The van der Waals surface area contributed by atoms with E-state index in [0.717, 1.165) is 21.2 Å². The van der Waals surface area contributed by atoms with E-state index in [1.54, 1.807) is 0 Å². The van der Waals surface area contributed by atoms with Crippen LogP contribution in [0.2, 0.25) is 0 Å². The van der Waals surface area contributed by atoms with Gasteiger partial charge in [-0.05, 0) is 48.7 Å². The molecule has 2 N–H and O–H groups in total. The Hall–Kier alpha value is -0.330. The van der Waals surface area contributed by atoms with Crippen LogP contribution >= 0.6 is 35.0 Å². The van der Waals surface area contributed by atoms with Gasteiger partial charge < -0.3 is 10.6 Å². The first-order valence-corrected chi connectivity index (χ1v) is 5.92. The number of carbonyl (C=O) groups is 1. The molecule has 1 amide bonds. The average Bonchev–Trinajstić information content (AvgIpc) is 2.22. The minimum absolute atomic E-state index is 0. The molecule has 0 bridgehead atoms. The van der Waals surface area contributed by atoms with Gasteiger partial charge in [0, 0.05) is 16.7 Å². The highest BCUT2D eigenvalue weighted by Crippen LogP contribution is 2.13. The molecule has 0 fully saturated rings. The number of amides is 1. The summed E-state index contributed by atoms with van der Waals surface area (Å²) in [5.74, 6) is -0.00153. The zero-order chi connectivity index (χ0) is 11.3. The summed E-state index contributed by atoms with van der Waals surface area (Å²) in [6.07, 6.45) is 0. The fraction of sp³-hybridized carbons (Fsp3) is 0.364. The highest BCUT2D eigenvalue weighted by molar-refractivity contribution is 14.1. The lowest BCUT2D eigenvalue weighted by molar-refractivity contribution is 0.0953. The van der Waals surface area contributed by atoms with Gasteiger partial charge in [0.15, 0.2) is 0 Å². The van der Waals surface area contributed by atoms with Gasteiger partial charge in [-0.15, -0.1) is 12.4 Å². The molecule has 1 aromatic rings. The van der Waals surface area contributed by atoms with Crippen LogP contribution in [0, 0.1) is 10.5 Å². The quantitative estimate of drug-likeness (QED) is 0.641. The van der Waals surface area contributed by atoms with Crippen molar-refractivity contribution in [1.82, 2.24) is 10.6 Å². The van der Waals surface area contributed by atoms with Crippen LogP contribution in [-0.2, 0) is 0 Å². The molecular formula is C11H16ClIN2O. The van der Waals surface area contributed by atoms with Crippen molar-refractivity contribution >= 4 is 40.9 Å². The number of carbonyl (C=O) groups excluding carboxylic acids is 1. The van der Waals surface area contributed by atoms with Crippen LogP contribution in [0.15, 0.2) is 18.2 Å². The van der Waals surface area contributed by atoms with Crippen molar-refractivity contribution in [3.05, 3.63) is 32.9 Å². The number of aryl methyl sites for hydroxylation is 1. The van der Waals surface area contributed by atoms with Crippen molar-refractivity contribution < 1.29 is 4.79 Å². The molecule has 0 heterocycles. The second-order valence-corrected chi connectivity index (χ2v) is 4.50. The number of benzene rings is 1. The molecule has 0 radical (unpaired) electrons. The molecular weight excluding hydrogens is 338 g/mol. The zero-order valence-electron chi connectivity index (χ0n) is 9.34. The molecule has 0 unspecified atom stereocenters. The first-order valence-electron chi connectivity index (χ1n) is 4.84.